The van der Waals surface area contributed by atoms with Gasteiger partial charge in [0, 0.05) is 19.3 Å². The fourth-order valence-corrected chi connectivity index (χ4v) is 1.89. The molecule has 10 heteroatoms. The second-order valence-corrected chi connectivity index (χ2v) is 7.52. The first-order valence-electron chi connectivity index (χ1n) is 11.6. The molecule has 0 bridgehead atoms. The molecule has 0 aromatic carbocycles. The number of Topliss-reactive ketones (excluding diaryl/α,β-unsaturated/α-hetero) is 3. The van der Waals surface area contributed by atoms with Gasteiger partial charge in [0.15, 0.2) is 0 Å². The van der Waals surface area contributed by atoms with Crippen molar-refractivity contribution in [2.75, 3.05) is 19.6 Å². The van der Waals surface area contributed by atoms with Crippen molar-refractivity contribution in [2.45, 2.75) is 99.3 Å². The van der Waals surface area contributed by atoms with Gasteiger partial charge in [-0.05, 0) is 20.8 Å². The molecule has 0 aliphatic rings. The molecule has 197 valence electrons. The molecule has 0 aliphatic carbocycles. The van der Waals surface area contributed by atoms with Gasteiger partial charge in [0.05, 0.1) is 17.7 Å². The third-order valence-corrected chi connectivity index (χ3v) is 3.60. The molecule has 0 heterocycles. The van der Waals surface area contributed by atoms with E-state index in [1.54, 1.807) is 0 Å². The van der Waals surface area contributed by atoms with Gasteiger partial charge < -0.3 is 30.3 Å². The molecule has 0 rings (SSSR count). The minimum Gasteiger partial charge on any atom is -0.653 e. The van der Waals surface area contributed by atoms with E-state index in [1.807, 2.05) is 20.8 Å². The monoisotopic (exact) mass is 524 g/mol. The van der Waals surface area contributed by atoms with E-state index < -0.39 is 0 Å². The van der Waals surface area contributed by atoms with E-state index in [9.17, 15) is 28.8 Å². The van der Waals surface area contributed by atoms with Crippen molar-refractivity contribution in [3.63, 3.8) is 0 Å². The van der Waals surface area contributed by atoms with E-state index in [0.29, 0.717) is 19.6 Å². The van der Waals surface area contributed by atoms with Gasteiger partial charge in [-0.3, -0.25) is 14.4 Å². The summed E-state index contributed by atoms with van der Waals surface area (Å²) >= 11 is 0. The Bertz CT molecular complexity index is 516. The molecule has 0 unspecified atom stereocenters. The average molecular weight is 524 g/mol. The van der Waals surface area contributed by atoms with E-state index in [-0.39, 0.29) is 71.4 Å². The van der Waals surface area contributed by atoms with Crippen molar-refractivity contribution in [1.29, 1.82) is 0 Å². The molecular formula is C24H42FeN3O6. The summed E-state index contributed by atoms with van der Waals surface area (Å²) in [6, 6.07) is 0. The number of unbranched alkanes of at least 4 members (excludes halogenated alkanes) is 3. The SMILES string of the molecule is CCCC[N-]C(=O)CC(C)=O.CCCC[N-]C(=O)CC(C)=O.CCCC[N-]C(=O)CC(C)=O.[Fe+3]. The number of amides is 3. The van der Waals surface area contributed by atoms with Crippen LogP contribution in [-0.4, -0.2) is 54.7 Å². The van der Waals surface area contributed by atoms with Crippen LogP contribution < -0.4 is 0 Å². The van der Waals surface area contributed by atoms with Crippen molar-refractivity contribution in [1.82, 2.24) is 0 Å². The maximum Gasteiger partial charge on any atom is 3.00 e. The summed E-state index contributed by atoms with van der Waals surface area (Å²) in [4.78, 5) is 63.4. The number of ketones is 3. The van der Waals surface area contributed by atoms with Gasteiger partial charge in [0.25, 0.3) is 0 Å². The maximum absolute atomic E-state index is 10.7. The van der Waals surface area contributed by atoms with E-state index in [1.165, 1.54) is 20.8 Å². The molecule has 0 atom stereocenters. The summed E-state index contributed by atoms with van der Waals surface area (Å²) in [5, 5.41) is 11.1. The first-order valence-corrected chi connectivity index (χ1v) is 11.6. The summed E-state index contributed by atoms with van der Waals surface area (Å²) in [6.07, 6.45) is 5.72. The van der Waals surface area contributed by atoms with Crippen LogP contribution >= 0.6 is 0 Å². The quantitative estimate of drug-likeness (QED) is 0.168. The minimum absolute atomic E-state index is 0. The zero-order chi connectivity index (χ0) is 26.1. The zero-order valence-electron chi connectivity index (χ0n) is 21.6. The Morgan fingerprint density at radius 2 is 0.676 bits per heavy atom. The van der Waals surface area contributed by atoms with Crippen LogP contribution in [0.2, 0.25) is 0 Å². The van der Waals surface area contributed by atoms with Crippen LogP contribution in [0.1, 0.15) is 99.3 Å². The molecule has 0 N–H and O–H groups in total. The van der Waals surface area contributed by atoms with E-state index in [0.717, 1.165) is 38.5 Å². The number of hydrogen-bond acceptors (Lipinski definition) is 6. The minimum atomic E-state index is -0.286. The summed E-state index contributed by atoms with van der Waals surface area (Å²) in [7, 11) is 0. The van der Waals surface area contributed by atoms with E-state index in [2.05, 4.69) is 16.0 Å². The standard InChI is InChI=1S/3C8H15NO2.Fe/c3*1-3-4-5-9-8(11)6-7(2)10;/h3*3-6H2,1-2H3,(H,9,11);/q;;;+3/p-3. The first kappa shape index (κ1) is 39.2. The van der Waals surface area contributed by atoms with Gasteiger partial charge in [-0.25, -0.2) is 0 Å². The molecule has 34 heavy (non-hydrogen) atoms. The molecule has 0 saturated carbocycles. The third-order valence-electron chi connectivity index (χ3n) is 3.60. The molecule has 0 aliphatic heterocycles. The van der Waals surface area contributed by atoms with E-state index in [4.69, 9.17) is 0 Å². The van der Waals surface area contributed by atoms with Crippen LogP contribution in [0.5, 0.6) is 0 Å². The van der Waals surface area contributed by atoms with Crippen LogP contribution in [-0.2, 0) is 45.8 Å². The van der Waals surface area contributed by atoms with Crippen molar-refractivity contribution >= 4 is 35.1 Å². The van der Waals surface area contributed by atoms with Gasteiger partial charge in [0.2, 0.25) is 0 Å². The van der Waals surface area contributed by atoms with Crippen LogP contribution in [0.3, 0.4) is 0 Å². The molecule has 0 saturated heterocycles. The molecule has 0 spiro atoms. The Hall–Kier alpha value is -2.06. The van der Waals surface area contributed by atoms with Gasteiger partial charge in [-0.2, -0.15) is 0 Å². The van der Waals surface area contributed by atoms with Crippen LogP contribution in [0.4, 0.5) is 0 Å². The Morgan fingerprint density at radius 1 is 0.471 bits per heavy atom. The Kier molecular flexibility index (Phi) is 33.4. The number of nitrogens with zero attached hydrogens (tertiary/aromatic N) is 3. The summed E-state index contributed by atoms with van der Waals surface area (Å²) in [5.74, 6) is -1.21. The Morgan fingerprint density at radius 3 is 0.824 bits per heavy atom. The Balaban J connectivity index is -0.000000196. The zero-order valence-corrected chi connectivity index (χ0v) is 22.7. The predicted molar refractivity (Wildman–Crippen MR) is 130 cm³/mol. The van der Waals surface area contributed by atoms with Crippen molar-refractivity contribution in [2.24, 2.45) is 0 Å². The number of rotatable bonds is 15. The topological polar surface area (TPSA) is 145 Å². The molecule has 9 nitrogen and oxygen atoms in total. The van der Waals surface area contributed by atoms with Crippen LogP contribution in [0.25, 0.3) is 16.0 Å². The second-order valence-electron chi connectivity index (χ2n) is 7.52. The number of hydrogen-bond donors (Lipinski definition) is 0. The van der Waals surface area contributed by atoms with E-state index >= 15 is 0 Å². The van der Waals surface area contributed by atoms with Gasteiger partial charge in [0.1, 0.15) is 17.3 Å². The summed E-state index contributed by atoms with van der Waals surface area (Å²) in [5.41, 5.74) is 0. The normalized spacial score (nSPS) is 9.00. The van der Waals surface area contributed by atoms with Crippen molar-refractivity contribution < 1.29 is 45.8 Å². The average Bonchev–Trinajstić information content (AvgIpc) is 2.68. The van der Waals surface area contributed by atoms with Crippen LogP contribution in [0, 0.1) is 0 Å². The van der Waals surface area contributed by atoms with Crippen LogP contribution in [0.15, 0.2) is 0 Å². The van der Waals surface area contributed by atoms with Gasteiger partial charge in [-0.15, -0.1) is 19.6 Å². The largest absolute Gasteiger partial charge is 3.00 e. The number of carbonyl (C=O) groups is 6. The predicted octanol–water partition coefficient (Wildman–Crippen LogP) is 5.00. The number of carbonyl (C=O) groups excluding carboxylic acids is 6. The fraction of sp³-hybridized carbons (Fsp3) is 0.750. The molecule has 3 amide bonds. The molecule has 1 radical (unpaired) electrons. The van der Waals surface area contributed by atoms with Gasteiger partial charge in [-0.1, -0.05) is 59.3 Å². The Labute approximate surface area is 215 Å². The second kappa shape index (κ2) is 29.0. The molecular weight excluding hydrogens is 482 g/mol. The summed E-state index contributed by atoms with van der Waals surface area (Å²) in [6.45, 7) is 12.0. The molecule has 0 aromatic rings. The smallest absolute Gasteiger partial charge is 0.653 e. The van der Waals surface area contributed by atoms with Crippen molar-refractivity contribution in [3.05, 3.63) is 16.0 Å². The van der Waals surface area contributed by atoms with Gasteiger partial charge >= 0.3 is 17.1 Å². The third kappa shape index (κ3) is 40.3. The maximum atomic E-state index is 10.7. The summed E-state index contributed by atoms with van der Waals surface area (Å²) < 4.78 is 0. The van der Waals surface area contributed by atoms with Crippen molar-refractivity contribution in [3.8, 4) is 0 Å². The fourth-order valence-electron chi connectivity index (χ4n) is 1.89. The molecule has 0 aromatic heterocycles. The molecule has 0 fully saturated rings. The first-order chi connectivity index (χ1) is 15.5.